The highest BCUT2D eigenvalue weighted by Crippen LogP contribution is 2.45. The zero-order valence-electron chi connectivity index (χ0n) is 21.5. The fraction of sp³-hybridized carbons (Fsp3) is 0.333. The Morgan fingerprint density at radius 3 is 2.59 bits per heavy atom. The van der Waals surface area contributed by atoms with Crippen molar-refractivity contribution in [2.45, 2.75) is 45.0 Å². The maximum Gasteiger partial charge on any atom is 0.325 e. The number of nitrogens with zero attached hydrogens (tertiary/aromatic N) is 3. The Kier molecular flexibility index (Phi) is 5.59. The first kappa shape index (κ1) is 23.4. The Balaban J connectivity index is 1.22. The van der Waals surface area contributed by atoms with Gasteiger partial charge in [-0.1, -0.05) is 36.4 Å². The van der Waals surface area contributed by atoms with Crippen LogP contribution >= 0.6 is 0 Å². The number of aryl methyl sites for hydroxylation is 1. The lowest BCUT2D eigenvalue weighted by Crippen LogP contribution is -2.65. The van der Waals surface area contributed by atoms with Crippen LogP contribution in [0, 0.1) is 6.92 Å². The molecule has 3 aliphatic heterocycles. The van der Waals surface area contributed by atoms with Crippen molar-refractivity contribution >= 4 is 23.3 Å². The molecule has 2 saturated heterocycles. The number of fused-ring (bicyclic) bond motifs is 4. The number of piperazine rings is 1. The summed E-state index contributed by atoms with van der Waals surface area (Å²) in [5, 5.41) is 3.13. The largest absolute Gasteiger partial charge is 0.467 e. The highest BCUT2D eigenvalue weighted by atomic mass is 16.5. The molecule has 3 aliphatic rings. The molecule has 0 aliphatic carbocycles. The van der Waals surface area contributed by atoms with Gasteiger partial charge in [0, 0.05) is 48.9 Å². The van der Waals surface area contributed by atoms with Crippen molar-refractivity contribution in [3.8, 4) is 5.75 Å². The number of hydrogen-bond acceptors (Lipinski definition) is 4. The van der Waals surface area contributed by atoms with Crippen LogP contribution in [0.25, 0.3) is 0 Å². The molecular formula is C30H32N4O3. The molecule has 2 fully saturated rings. The monoisotopic (exact) mass is 496 g/mol. The Hall–Kier alpha value is -4.00. The standard InChI is InChI=1S/C30H32N4O3/c1-20-8-6-10-23(16-20)33-15-14-32(19-21(33)2)28(35)22-9-7-11-24(17-22)34-29(36)31-26-18-30(34,3)37-27-13-5-4-12-25(26)27/h4-13,16-17,21,26H,14-15,18-19H2,1-3H3,(H,31,36)/t21-,26-,30+/m0/s1. The van der Waals surface area contributed by atoms with Gasteiger partial charge >= 0.3 is 6.03 Å². The molecule has 7 heteroatoms. The molecule has 190 valence electrons. The zero-order valence-corrected chi connectivity index (χ0v) is 21.5. The zero-order chi connectivity index (χ0) is 25.7. The fourth-order valence-electron chi connectivity index (χ4n) is 6.01. The lowest BCUT2D eigenvalue weighted by molar-refractivity contribution is 0.0378. The summed E-state index contributed by atoms with van der Waals surface area (Å²) in [5.74, 6) is 0.756. The number of carbonyl (C=O) groups excluding carboxylic acids is 2. The first-order valence-corrected chi connectivity index (χ1v) is 12.9. The number of benzene rings is 3. The van der Waals surface area contributed by atoms with Crippen LogP contribution in [0.4, 0.5) is 16.2 Å². The number of para-hydroxylation sites is 1. The van der Waals surface area contributed by atoms with Crippen molar-refractivity contribution < 1.29 is 14.3 Å². The summed E-state index contributed by atoms with van der Waals surface area (Å²) in [6.45, 7) is 8.25. The van der Waals surface area contributed by atoms with E-state index in [4.69, 9.17) is 4.74 Å². The second-order valence-corrected chi connectivity index (χ2v) is 10.5. The summed E-state index contributed by atoms with van der Waals surface area (Å²) in [7, 11) is 0. The number of amides is 3. The summed E-state index contributed by atoms with van der Waals surface area (Å²) in [4.78, 5) is 32.8. The van der Waals surface area contributed by atoms with Crippen LogP contribution in [0.1, 0.15) is 47.8 Å². The smallest absolute Gasteiger partial charge is 0.325 e. The maximum absolute atomic E-state index is 13.6. The lowest BCUT2D eigenvalue weighted by atomic mass is 9.90. The van der Waals surface area contributed by atoms with Crippen molar-refractivity contribution in [2.24, 2.45) is 0 Å². The average molecular weight is 497 g/mol. The van der Waals surface area contributed by atoms with Crippen LogP contribution in [0.5, 0.6) is 5.75 Å². The molecule has 3 heterocycles. The van der Waals surface area contributed by atoms with E-state index in [2.05, 4.69) is 48.3 Å². The van der Waals surface area contributed by atoms with Gasteiger partial charge < -0.3 is 19.9 Å². The molecule has 3 amide bonds. The van der Waals surface area contributed by atoms with Gasteiger partial charge in [-0.2, -0.15) is 0 Å². The van der Waals surface area contributed by atoms with Gasteiger partial charge in [-0.15, -0.1) is 0 Å². The average Bonchev–Trinajstić information content (AvgIpc) is 2.88. The minimum atomic E-state index is -0.850. The molecule has 0 unspecified atom stereocenters. The Labute approximate surface area is 217 Å². The second kappa shape index (κ2) is 8.83. The van der Waals surface area contributed by atoms with Crippen LogP contribution in [0.3, 0.4) is 0 Å². The van der Waals surface area contributed by atoms with E-state index in [0.717, 1.165) is 17.9 Å². The van der Waals surface area contributed by atoms with Crippen molar-refractivity contribution in [2.75, 3.05) is 29.4 Å². The Bertz CT molecular complexity index is 1370. The van der Waals surface area contributed by atoms with E-state index in [9.17, 15) is 9.59 Å². The van der Waals surface area contributed by atoms with Crippen LogP contribution in [-0.2, 0) is 0 Å². The predicted molar refractivity (Wildman–Crippen MR) is 144 cm³/mol. The van der Waals surface area contributed by atoms with Gasteiger partial charge in [0.15, 0.2) is 5.72 Å². The normalized spacial score (nSPS) is 24.7. The number of carbonyl (C=O) groups is 2. The minimum absolute atomic E-state index is 0.0204. The number of hydrogen-bond donors (Lipinski definition) is 1. The molecule has 0 saturated carbocycles. The number of urea groups is 1. The third-order valence-electron chi connectivity index (χ3n) is 7.78. The van der Waals surface area contributed by atoms with Crippen LogP contribution in [0.2, 0.25) is 0 Å². The van der Waals surface area contributed by atoms with Crippen LogP contribution < -0.4 is 19.9 Å². The van der Waals surface area contributed by atoms with Gasteiger partial charge in [0.05, 0.1) is 11.7 Å². The molecule has 3 aromatic rings. The number of anilines is 2. The first-order valence-electron chi connectivity index (χ1n) is 12.9. The summed E-state index contributed by atoms with van der Waals surface area (Å²) in [6.07, 6.45) is 0.617. The van der Waals surface area contributed by atoms with Crippen molar-refractivity contribution in [1.29, 1.82) is 0 Å². The number of nitrogens with one attached hydrogen (secondary N) is 1. The third-order valence-corrected chi connectivity index (χ3v) is 7.78. The van der Waals surface area contributed by atoms with E-state index in [1.165, 1.54) is 11.3 Å². The Morgan fingerprint density at radius 2 is 1.78 bits per heavy atom. The van der Waals surface area contributed by atoms with E-state index in [0.29, 0.717) is 30.8 Å². The van der Waals surface area contributed by atoms with Gasteiger partial charge in [-0.05, 0) is 62.7 Å². The van der Waals surface area contributed by atoms with Crippen LogP contribution in [-0.4, -0.2) is 48.2 Å². The molecule has 0 spiro atoms. The molecule has 7 nitrogen and oxygen atoms in total. The SMILES string of the molecule is Cc1cccc(N2CCN(C(=O)c3cccc(N4C(=O)N[C@H]5C[C@@]4(C)Oc4ccccc45)c3)C[C@@H]2C)c1. The topological polar surface area (TPSA) is 65.1 Å². The number of rotatable bonds is 3. The summed E-state index contributed by atoms with van der Waals surface area (Å²) < 4.78 is 6.38. The quantitative estimate of drug-likeness (QED) is 0.547. The molecule has 2 bridgehead atoms. The van der Waals surface area contributed by atoms with E-state index < -0.39 is 5.72 Å². The van der Waals surface area contributed by atoms with E-state index in [1.54, 1.807) is 4.90 Å². The van der Waals surface area contributed by atoms with E-state index in [-0.39, 0.29) is 24.0 Å². The molecule has 3 atom stereocenters. The van der Waals surface area contributed by atoms with E-state index in [1.807, 2.05) is 60.4 Å². The summed E-state index contributed by atoms with van der Waals surface area (Å²) in [5.41, 5.74) is 3.79. The molecule has 3 aromatic carbocycles. The molecule has 0 radical (unpaired) electrons. The molecular weight excluding hydrogens is 464 g/mol. The van der Waals surface area contributed by atoms with Crippen molar-refractivity contribution in [1.82, 2.24) is 10.2 Å². The van der Waals surface area contributed by atoms with Gasteiger partial charge in [-0.3, -0.25) is 9.69 Å². The lowest BCUT2D eigenvalue weighted by Gasteiger charge is -2.50. The van der Waals surface area contributed by atoms with Gasteiger partial charge in [-0.25, -0.2) is 4.79 Å². The second-order valence-electron chi connectivity index (χ2n) is 10.5. The minimum Gasteiger partial charge on any atom is -0.467 e. The maximum atomic E-state index is 13.6. The highest BCUT2D eigenvalue weighted by molar-refractivity contribution is 5.99. The molecule has 0 aromatic heterocycles. The predicted octanol–water partition coefficient (Wildman–Crippen LogP) is 5.12. The van der Waals surface area contributed by atoms with Crippen molar-refractivity contribution in [3.05, 3.63) is 89.5 Å². The molecule has 1 N–H and O–H groups in total. The summed E-state index contributed by atoms with van der Waals surface area (Å²) >= 11 is 0. The molecule has 6 rings (SSSR count). The van der Waals surface area contributed by atoms with Crippen molar-refractivity contribution in [3.63, 3.8) is 0 Å². The van der Waals surface area contributed by atoms with Crippen LogP contribution in [0.15, 0.2) is 72.8 Å². The van der Waals surface area contributed by atoms with Gasteiger partial charge in [0.2, 0.25) is 0 Å². The van der Waals surface area contributed by atoms with E-state index >= 15 is 0 Å². The summed E-state index contributed by atoms with van der Waals surface area (Å²) in [6, 6.07) is 23.5. The van der Waals surface area contributed by atoms with Gasteiger partial charge in [0.1, 0.15) is 5.75 Å². The molecule has 37 heavy (non-hydrogen) atoms. The first-order chi connectivity index (χ1) is 17.8. The number of ether oxygens (including phenoxy) is 1. The Morgan fingerprint density at radius 1 is 1.00 bits per heavy atom. The highest BCUT2D eigenvalue weighted by Gasteiger charge is 2.49. The third kappa shape index (κ3) is 4.08. The van der Waals surface area contributed by atoms with Gasteiger partial charge in [0.25, 0.3) is 5.91 Å². The fourth-order valence-corrected chi connectivity index (χ4v) is 6.01.